The topological polar surface area (TPSA) is 113 Å². The van der Waals surface area contributed by atoms with Crippen LogP contribution in [0.3, 0.4) is 0 Å². The number of urea groups is 1. The van der Waals surface area contributed by atoms with E-state index in [0.29, 0.717) is 13.1 Å². The Morgan fingerprint density at radius 1 is 1.00 bits per heavy atom. The Morgan fingerprint density at radius 3 is 2.22 bits per heavy atom. The van der Waals surface area contributed by atoms with E-state index in [4.69, 9.17) is 0 Å². The van der Waals surface area contributed by atoms with Gasteiger partial charge in [0.05, 0.1) is 0 Å². The molecule has 0 unspecified atom stereocenters. The average molecular weight is 379 g/mol. The zero-order valence-corrected chi connectivity index (χ0v) is 16.7. The number of unbranched alkanes of at least 4 members (excludes halogenated alkanes) is 3. The van der Waals surface area contributed by atoms with Crippen molar-refractivity contribution in [1.82, 2.24) is 16.0 Å². The van der Waals surface area contributed by atoms with Crippen LogP contribution in [-0.4, -0.2) is 37.0 Å². The molecule has 0 fully saturated rings. The van der Waals surface area contributed by atoms with Crippen molar-refractivity contribution in [2.45, 2.75) is 58.9 Å². The van der Waals surface area contributed by atoms with Crippen molar-refractivity contribution in [1.29, 1.82) is 0 Å². The summed E-state index contributed by atoms with van der Waals surface area (Å²) in [7, 11) is 0. The van der Waals surface area contributed by atoms with Gasteiger partial charge in [-0.3, -0.25) is 9.59 Å². The second-order valence-corrected chi connectivity index (χ2v) is 6.32. The Hall–Kier alpha value is -2.57. The number of nitrogens with one attached hydrogen (secondary N) is 3. The Labute approximate surface area is 162 Å². The van der Waals surface area contributed by atoms with E-state index in [9.17, 15) is 14.4 Å². The number of primary amides is 1. The minimum absolute atomic E-state index is 0.165. The fourth-order valence-corrected chi connectivity index (χ4v) is 2.19. The van der Waals surface area contributed by atoms with E-state index in [0.717, 1.165) is 19.3 Å². The first-order valence-electron chi connectivity index (χ1n) is 9.48. The molecule has 1 rings (SSSR count). The second kappa shape index (κ2) is 15.7. The minimum atomic E-state index is -0.540. The van der Waals surface area contributed by atoms with Crippen LogP contribution < -0.4 is 21.7 Å². The molecule has 5 N–H and O–H groups in total. The summed E-state index contributed by atoms with van der Waals surface area (Å²) in [6.07, 6.45) is 5.23. The van der Waals surface area contributed by atoms with Crippen molar-refractivity contribution in [2.24, 2.45) is 5.73 Å². The molecule has 0 aliphatic carbocycles. The lowest BCUT2D eigenvalue weighted by Crippen LogP contribution is -2.48. The maximum absolute atomic E-state index is 11.9. The van der Waals surface area contributed by atoms with Crippen LogP contribution in [0.1, 0.15) is 52.0 Å². The molecule has 0 aliphatic heterocycles. The molecule has 0 bridgehead atoms. The van der Waals surface area contributed by atoms with Crippen molar-refractivity contribution in [3.63, 3.8) is 0 Å². The van der Waals surface area contributed by atoms with E-state index in [1.54, 1.807) is 6.92 Å². The predicted octanol–water partition coefficient (Wildman–Crippen LogP) is 2.10. The molecule has 0 spiro atoms. The quantitative estimate of drug-likeness (QED) is 0.468. The molecule has 0 aromatic heterocycles. The number of carbonyl (C=O) groups is 3. The van der Waals surface area contributed by atoms with Gasteiger partial charge in [0.2, 0.25) is 11.8 Å². The first-order valence-corrected chi connectivity index (χ1v) is 9.48. The first kappa shape index (κ1) is 24.4. The third-order valence-electron chi connectivity index (χ3n) is 3.61. The van der Waals surface area contributed by atoms with Gasteiger partial charge in [0.15, 0.2) is 0 Å². The van der Waals surface area contributed by atoms with Crippen LogP contribution in [0.25, 0.3) is 0 Å². The van der Waals surface area contributed by atoms with Gasteiger partial charge in [0, 0.05) is 20.0 Å². The Balaban J connectivity index is 0.00000153. The molecule has 0 saturated heterocycles. The number of carbonyl (C=O) groups excluding carboxylic acids is 3. The van der Waals surface area contributed by atoms with Crippen LogP contribution >= 0.6 is 0 Å². The molecule has 1 aromatic carbocycles. The Morgan fingerprint density at radius 2 is 1.63 bits per heavy atom. The predicted molar refractivity (Wildman–Crippen MR) is 108 cm³/mol. The summed E-state index contributed by atoms with van der Waals surface area (Å²) in [6, 6.07) is 9.15. The molecule has 152 valence electrons. The number of benzene rings is 1. The molecule has 0 saturated carbocycles. The van der Waals surface area contributed by atoms with Crippen molar-refractivity contribution >= 4 is 17.8 Å². The maximum atomic E-state index is 11.9. The van der Waals surface area contributed by atoms with Gasteiger partial charge in [0.25, 0.3) is 0 Å². The molecule has 7 heteroatoms. The molecule has 0 radical (unpaired) electrons. The lowest BCUT2D eigenvalue weighted by Gasteiger charge is -2.14. The van der Waals surface area contributed by atoms with Crippen LogP contribution in [0.4, 0.5) is 4.79 Å². The summed E-state index contributed by atoms with van der Waals surface area (Å²) >= 11 is 0. The third-order valence-corrected chi connectivity index (χ3v) is 3.61. The Bertz CT molecular complexity index is 545. The van der Waals surface area contributed by atoms with E-state index >= 15 is 0 Å². The Kier molecular flexibility index (Phi) is 14.2. The molecule has 0 heterocycles. The average Bonchev–Trinajstić information content (AvgIpc) is 2.61. The highest BCUT2D eigenvalue weighted by Crippen LogP contribution is 1.98. The van der Waals surface area contributed by atoms with Crippen molar-refractivity contribution < 1.29 is 14.4 Å². The lowest BCUT2D eigenvalue weighted by molar-refractivity contribution is -0.122. The van der Waals surface area contributed by atoms with Crippen LogP contribution in [0, 0.1) is 0 Å². The minimum Gasteiger partial charge on any atom is -0.370 e. The summed E-state index contributed by atoms with van der Waals surface area (Å²) < 4.78 is 0. The van der Waals surface area contributed by atoms with Gasteiger partial charge in [-0.05, 0) is 25.3 Å². The summed E-state index contributed by atoms with van der Waals surface area (Å²) in [4.78, 5) is 32.8. The molecule has 27 heavy (non-hydrogen) atoms. The highest BCUT2D eigenvalue weighted by molar-refractivity contribution is 5.86. The highest BCUT2D eigenvalue weighted by Gasteiger charge is 2.14. The fourth-order valence-electron chi connectivity index (χ4n) is 2.19. The number of amides is 4. The maximum Gasteiger partial charge on any atom is 0.315 e. The summed E-state index contributed by atoms with van der Waals surface area (Å²) in [6.45, 7) is 6.36. The van der Waals surface area contributed by atoms with E-state index in [1.165, 1.54) is 25.3 Å². The van der Waals surface area contributed by atoms with Crippen LogP contribution in [0.2, 0.25) is 0 Å². The van der Waals surface area contributed by atoms with Crippen LogP contribution in [-0.2, 0) is 16.0 Å². The van der Waals surface area contributed by atoms with E-state index in [-0.39, 0.29) is 17.8 Å². The van der Waals surface area contributed by atoms with E-state index < -0.39 is 6.04 Å². The number of rotatable bonds is 10. The molecule has 1 atom stereocenters. The van der Waals surface area contributed by atoms with Crippen molar-refractivity contribution in [3.8, 4) is 0 Å². The number of nitrogens with two attached hydrogens (primary N) is 1. The summed E-state index contributed by atoms with van der Waals surface area (Å²) in [5.41, 5.74) is 5.65. The van der Waals surface area contributed by atoms with Gasteiger partial charge in [-0.2, -0.15) is 0 Å². The summed E-state index contributed by atoms with van der Waals surface area (Å²) in [5, 5.41) is 8.28. The highest BCUT2D eigenvalue weighted by atomic mass is 16.2. The van der Waals surface area contributed by atoms with Crippen LogP contribution in [0.5, 0.6) is 0 Å². The molecule has 7 nitrogen and oxygen atoms in total. The monoisotopic (exact) mass is 378 g/mol. The normalized spacial score (nSPS) is 10.8. The molecule has 4 amide bonds. The van der Waals surface area contributed by atoms with Gasteiger partial charge < -0.3 is 21.7 Å². The zero-order valence-electron chi connectivity index (χ0n) is 16.7. The van der Waals surface area contributed by atoms with E-state index in [1.807, 2.05) is 30.3 Å². The molecular formula is C20H34N4O3. The molecular weight excluding hydrogens is 344 g/mol. The molecule has 1 aromatic rings. The standard InChI is InChI=1S/C18H29N3O2.C2H5NO/c1-3-4-5-9-13-20-18(23)21-15(2)17(22)19-14-12-16-10-7-6-8-11-16;1-2(3)4/h6-8,10-11,15H,3-5,9,12-14H2,1-2H3,(H,19,22)(H2,20,21,23);1H3,(H2,3,4)/t15-;/m0./s1. The van der Waals surface area contributed by atoms with Crippen molar-refractivity contribution in [2.75, 3.05) is 13.1 Å². The third kappa shape index (κ3) is 15.4. The van der Waals surface area contributed by atoms with Gasteiger partial charge in [-0.15, -0.1) is 0 Å². The fraction of sp³-hybridized carbons (Fsp3) is 0.550. The SMILES string of the molecule is CC(N)=O.CCCCCCNC(=O)N[C@@H](C)C(=O)NCCc1ccccc1. The van der Waals surface area contributed by atoms with Gasteiger partial charge in [0.1, 0.15) is 6.04 Å². The van der Waals surface area contributed by atoms with Crippen LogP contribution in [0.15, 0.2) is 30.3 Å². The lowest BCUT2D eigenvalue weighted by atomic mass is 10.1. The number of hydrogen-bond donors (Lipinski definition) is 4. The van der Waals surface area contributed by atoms with Crippen molar-refractivity contribution in [3.05, 3.63) is 35.9 Å². The summed E-state index contributed by atoms with van der Waals surface area (Å²) in [5.74, 6) is -0.498. The number of hydrogen-bond acceptors (Lipinski definition) is 3. The zero-order chi connectivity index (χ0) is 20.5. The van der Waals surface area contributed by atoms with Gasteiger partial charge in [-0.1, -0.05) is 56.5 Å². The molecule has 0 aliphatic rings. The first-order chi connectivity index (χ1) is 12.9. The van der Waals surface area contributed by atoms with Gasteiger partial charge in [-0.25, -0.2) is 4.79 Å². The second-order valence-electron chi connectivity index (χ2n) is 6.32. The largest absolute Gasteiger partial charge is 0.370 e. The van der Waals surface area contributed by atoms with E-state index in [2.05, 4.69) is 28.6 Å². The van der Waals surface area contributed by atoms with Gasteiger partial charge >= 0.3 is 6.03 Å². The smallest absolute Gasteiger partial charge is 0.315 e.